The van der Waals surface area contributed by atoms with Crippen LogP contribution in [0.25, 0.3) is 0 Å². The average molecular weight is 308 g/mol. The number of nitrogens with zero attached hydrogens (tertiary/aromatic N) is 1. The maximum absolute atomic E-state index is 12.3. The molecule has 0 aromatic rings. The van der Waals surface area contributed by atoms with Crippen LogP contribution in [0.4, 0.5) is 4.79 Å². The van der Waals surface area contributed by atoms with Gasteiger partial charge in [0.15, 0.2) is 11.6 Å². The van der Waals surface area contributed by atoms with Gasteiger partial charge in [0.2, 0.25) is 0 Å². The summed E-state index contributed by atoms with van der Waals surface area (Å²) in [7, 11) is 0. The monoisotopic (exact) mass is 308 g/mol. The molecule has 8 nitrogen and oxygen atoms in total. The van der Waals surface area contributed by atoms with E-state index >= 15 is 0 Å². The highest BCUT2D eigenvalue weighted by Crippen LogP contribution is 2.45. The minimum absolute atomic E-state index is 0.0109. The third-order valence-electron chi connectivity index (χ3n) is 4.65. The average Bonchev–Trinajstić information content (AvgIpc) is 3.04. The number of piperazine rings is 1. The predicted molar refractivity (Wildman–Crippen MR) is 76.6 cm³/mol. The van der Waals surface area contributed by atoms with Crippen LogP contribution >= 0.6 is 0 Å². The van der Waals surface area contributed by atoms with E-state index in [4.69, 9.17) is 16.2 Å². The standard InChI is InChI=1S/C14H20N4O4/c1-2-8(19)13-10(9(20)3-15)6(5-22-14(16)21)12-11-7(17-11)4-18(12)13/h6-7,11-12,17H,2-5,15H2,1H3,(H2,16,21). The molecule has 22 heavy (non-hydrogen) atoms. The number of amides is 1. The number of primary amides is 1. The first-order chi connectivity index (χ1) is 10.5. The molecule has 0 aromatic heterocycles. The molecule has 2 saturated heterocycles. The van der Waals surface area contributed by atoms with Crippen LogP contribution in [0.15, 0.2) is 11.3 Å². The number of carbonyl (C=O) groups excluding carboxylic acids is 3. The van der Waals surface area contributed by atoms with Crippen LogP contribution < -0.4 is 16.8 Å². The van der Waals surface area contributed by atoms with Gasteiger partial charge in [-0.25, -0.2) is 4.79 Å². The van der Waals surface area contributed by atoms with Crippen molar-refractivity contribution in [2.75, 3.05) is 19.7 Å². The Labute approximate surface area is 127 Å². The van der Waals surface area contributed by atoms with Crippen LogP contribution in [0.1, 0.15) is 13.3 Å². The Hall–Kier alpha value is -1.93. The molecule has 0 radical (unpaired) electrons. The Balaban J connectivity index is 1.99. The molecule has 0 spiro atoms. The van der Waals surface area contributed by atoms with Crippen molar-refractivity contribution >= 4 is 17.7 Å². The van der Waals surface area contributed by atoms with Gasteiger partial charge in [0.1, 0.15) is 6.61 Å². The largest absolute Gasteiger partial charge is 0.449 e. The summed E-state index contributed by atoms with van der Waals surface area (Å²) in [4.78, 5) is 37.6. The van der Waals surface area contributed by atoms with E-state index in [-0.39, 0.29) is 42.7 Å². The first-order valence-electron chi connectivity index (χ1n) is 7.45. The van der Waals surface area contributed by atoms with E-state index in [9.17, 15) is 14.4 Å². The molecule has 120 valence electrons. The van der Waals surface area contributed by atoms with Gasteiger partial charge in [0.05, 0.1) is 18.3 Å². The van der Waals surface area contributed by atoms with Crippen LogP contribution in [0.5, 0.6) is 0 Å². The molecule has 1 amide bonds. The predicted octanol–water partition coefficient (Wildman–Crippen LogP) is -1.50. The van der Waals surface area contributed by atoms with Crippen molar-refractivity contribution in [3.63, 3.8) is 0 Å². The van der Waals surface area contributed by atoms with E-state index in [0.29, 0.717) is 30.3 Å². The molecule has 3 rings (SSSR count). The Morgan fingerprint density at radius 3 is 2.68 bits per heavy atom. The highest BCUT2D eigenvalue weighted by Gasteiger charge is 2.61. The van der Waals surface area contributed by atoms with Gasteiger partial charge >= 0.3 is 6.09 Å². The summed E-state index contributed by atoms with van der Waals surface area (Å²) in [6.45, 7) is 2.26. The van der Waals surface area contributed by atoms with Gasteiger partial charge in [-0.05, 0) is 0 Å². The van der Waals surface area contributed by atoms with E-state index in [1.165, 1.54) is 0 Å². The van der Waals surface area contributed by atoms with E-state index < -0.39 is 6.09 Å². The fourth-order valence-electron chi connectivity index (χ4n) is 3.71. The Bertz CT molecular complexity index is 573. The summed E-state index contributed by atoms with van der Waals surface area (Å²) >= 11 is 0. The SMILES string of the molecule is CCC(=O)C1=C(C(=O)CN)C(COC(N)=O)C2C3NC3CN12. The van der Waals surface area contributed by atoms with Gasteiger partial charge in [0, 0.05) is 36.5 Å². The third kappa shape index (κ3) is 2.19. The molecule has 0 saturated carbocycles. The maximum Gasteiger partial charge on any atom is 0.404 e. The van der Waals surface area contributed by atoms with Crippen molar-refractivity contribution in [1.29, 1.82) is 0 Å². The second-order valence-electron chi connectivity index (χ2n) is 5.84. The molecule has 4 unspecified atom stereocenters. The van der Waals surface area contributed by atoms with Crippen LogP contribution in [-0.2, 0) is 14.3 Å². The summed E-state index contributed by atoms with van der Waals surface area (Å²) in [5.74, 6) is -0.717. The van der Waals surface area contributed by atoms with Crippen molar-refractivity contribution in [2.45, 2.75) is 31.5 Å². The first kappa shape index (κ1) is 15.0. The lowest BCUT2D eigenvalue weighted by Gasteiger charge is -2.27. The van der Waals surface area contributed by atoms with E-state index in [2.05, 4.69) is 5.32 Å². The Morgan fingerprint density at radius 1 is 1.36 bits per heavy atom. The molecule has 0 aliphatic carbocycles. The van der Waals surface area contributed by atoms with Gasteiger partial charge < -0.3 is 26.4 Å². The summed E-state index contributed by atoms with van der Waals surface area (Å²) < 4.78 is 4.93. The van der Waals surface area contributed by atoms with Gasteiger partial charge in [-0.1, -0.05) is 6.92 Å². The van der Waals surface area contributed by atoms with Crippen molar-refractivity contribution in [2.24, 2.45) is 17.4 Å². The zero-order chi connectivity index (χ0) is 16.0. The van der Waals surface area contributed by atoms with Gasteiger partial charge in [-0.15, -0.1) is 0 Å². The molecule has 5 N–H and O–H groups in total. The van der Waals surface area contributed by atoms with Crippen molar-refractivity contribution in [3.05, 3.63) is 11.3 Å². The molecule has 3 aliphatic rings. The highest BCUT2D eigenvalue weighted by atomic mass is 16.5. The zero-order valence-electron chi connectivity index (χ0n) is 12.4. The summed E-state index contributed by atoms with van der Waals surface area (Å²) in [5.41, 5.74) is 11.4. The topological polar surface area (TPSA) is 138 Å². The second kappa shape index (κ2) is 5.36. The van der Waals surface area contributed by atoms with Crippen LogP contribution in [0.3, 0.4) is 0 Å². The number of allylic oxidation sites excluding steroid dienone is 1. The normalized spacial score (nSPS) is 31.8. The number of rotatable bonds is 6. The lowest BCUT2D eigenvalue weighted by Crippen LogP contribution is -2.40. The molecule has 2 fully saturated rings. The number of Topliss-reactive ketones (excluding diaryl/α,β-unsaturated/α-hetero) is 2. The van der Waals surface area contributed by atoms with Gasteiger partial charge in [-0.2, -0.15) is 0 Å². The van der Waals surface area contributed by atoms with Crippen LogP contribution in [0, 0.1) is 5.92 Å². The highest BCUT2D eigenvalue weighted by molar-refractivity contribution is 6.08. The van der Waals surface area contributed by atoms with E-state index in [1.807, 2.05) is 4.90 Å². The number of ether oxygens (including phenoxy) is 1. The lowest BCUT2D eigenvalue weighted by atomic mass is 9.89. The zero-order valence-corrected chi connectivity index (χ0v) is 12.4. The quantitative estimate of drug-likeness (QED) is 0.507. The number of nitrogens with one attached hydrogen (secondary N) is 1. The fraction of sp³-hybridized carbons (Fsp3) is 0.643. The summed E-state index contributed by atoms with van der Waals surface area (Å²) in [5, 5.41) is 3.32. The van der Waals surface area contributed by atoms with Crippen LogP contribution in [-0.4, -0.2) is 60.4 Å². The maximum atomic E-state index is 12.3. The molecule has 3 aliphatic heterocycles. The van der Waals surface area contributed by atoms with Crippen molar-refractivity contribution in [3.8, 4) is 0 Å². The number of ketones is 2. The minimum Gasteiger partial charge on any atom is -0.449 e. The Kier molecular flexibility index (Phi) is 3.65. The second-order valence-corrected chi connectivity index (χ2v) is 5.84. The van der Waals surface area contributed by atoms with Gasteiger partial charge in [0.25, 0.3) is 0 Å². The number of carbonyl (C=O) groups is 3. The first-order valence-corrected chi connectivity index (χ1v) is 7.45. The van der Waals surface area contributed by atoms with Crippen molar-refractivity contribution < 1.29 is 19.1 Å². The number of hydrogen-bond acceptors (Lipinski definition) is 7. The summed E-state index contributed by atoms with van der Waals surface area (Å²) in [6, 6.07) is 0.486. The molecule has 8 heteroatoms. The number of nitrogens with two attached hydrogens (primary N) is 2. The molecule has 0 aromatic carbocycles. The number of fused-ring (bicyclic) bond motifs is 3. The van der Waals surface area contributed by atoms with E-state index in [0.717, 1.165) is 0 Å². The molecule has 0 bridgehead atoms. The lowest BCUT2D eigenvalue weighted by molar-refractivity contribution is -0.118. The third-order valence-corrected chi connectivity index (χ3v) is 4.65. The minimum atomic E-state index is -0.889. The Morgan fingerprint density at radius 2 is 2.09 bits per heavy atom. The smallest absolute Gasteiger partial charge is 0.404 e. The van der Waals surface area contributed by atoms with Crippen LogP contribution in [0.2, 0.25) is 0 Å². The van der Waals surface area contributed by atoms with Gasteiger partial charge in [-0.3, -0.25) is 9.59 Å². The van der Waals surface area contributed by atoms with E-state index in [1.54, 1.807) is 6.92 Å². The molecule has 3 heterocycles. The molecular formula is C14H20N4O4. The summed E-state index contributed by atoms with van der Waals surface area (Å²) in [6.07, 6.45) is -0.578. The number of hydrogen-bond donors (Lipinski definition) is 3. The molecule has 4 atom stereocenters. The van der Waals surface area contributed by atoms with Crippen molar-refractivity contribution in [1.82, 2.24) is 10.2 Å². The fourth-order valence-corrected chi connectivity index (χ4v) is 3.71. The molecular weight excluding hydrogens is 288 g/mol.